The molecule has 15 heteroatoms. The molecule has 41 heavy (non-hydrogen) atoms. The maximum atomic E-state index is 8.11. The van der Waals surface area contributed by atoms with Gasteiger partial charge < -0.3 is 33.3 Å². The normalized spacial score (nSPS) is 10.2. The molecule has 0 spiro atoms. The molecular weight excluding hydrogens is 618 g/mol. The predicted octanol–water partition coefficient (Wildman–Crippen LogP) is 6.03. The first kappa shape index (κ1) is 35.7. The zero-order valence-corrected chi connectivity index (χ0v) is 25.3. The van der Waals surface area contributed by atoms with E-state index in [1.165, 1.54) is 0 Å². The van der Waals surface area contributed by atoms with Crippen LogP contribution in [0.3, 0.4) is 0 Å². The molecule has 0 fully saturated rings. The number of H-pyrrole nitrogens is 2. The lowest BCUT2D eigenvalue weighted by molar-refractivity contribution is 0.141. The number of methoxy groups -OCH3 is 2. The maximum Gasteiger partial charge on any atom is 0.213 e. The average molecular weight is 648 g/mol. The number of fused-ring (bicyclic) bond motifs is 2. The molecule has 0 atom stereocenters. The van der Waals surface area contributed by atoms with E-state index in [1.807, 2.05) is 36.4 Å². The molecule has 0 unspecified atom stereocenters. The minimum atomic E-state index is 0. The highest BCUT2D eigenvalue weighted by atomic mass is 35.5. The summed E-state index contributed by atoms with van der Waals surface area (Å²) in [6, 6.07) is 14.5. The quantitative estimate of drug-likeness (QED) is 0.0819. The van der Waals surface area contributed by atoms with Crippen molar-refractivity contribution in [3.63, 3.8) is 0 Å². The molecule has 0 saturated carbocycles. The van der Waals surface area contributed by atoms with E-state index < -0.39 is 0 Å². The van der Waals surface area contributed by atoms with Crippen LogP contribution in [0.1, 0.15) is 11.1 Å². The average Bonchev–Trinajstić information content (AvgIpc) is 3.65. The molecule has 0 bridgehead atoms. The van der Waals surface area contributed by atoms with E-state index in [0.29, 0.717) is 60.7 Å². The smallest absolute Gasteiger partial charge is 0.213 e. The van der Waals surface area contributed by atoms with Crippen LogP contribution >= 0.6 is 49.6 Å². The van der Waals surface area contributed by atoms with Crippen LogP contribution in [0.4, 0.5) is 0 Å². The van der Waals surface area contributed by atoms with Gasteiger partial charge in [0.1, 0.15) is 13.2 Å². The van der Waals surface area contributed by atoms with Gasteiger partial charge in [0.2, 0.25) is 11.8 Å². The number of rotatable bonds is 10. The van der Waals surface area contributed by atoms with Crippen molar-refractivity contribution in [2.75, 3.05) is 40.6 Å². The van der Waals surface area contributed by atoms with Crippen LogP contribution in [0.2, 0.25) is 0 Å². The first-order valence-electron chi connectivity index (χ1n) is 11.6. The molecule has 5 aromatic rings. The van der Waals surface area contributed by atoms with Crippen molar-refractivity contribution >= 4 is 83.5 Å². The number of imidazole rings is 2. The third kappa shape index (κ3) is 8.13. The van der Waals surface area contributed by atoms with Crippen molar-refractivity contribution in [1.82, 2.24) is 19.9 Å². The number of hydrogen-bond acceptors (Lipinski definition) is 9. The first-order valence-corrected chi connectivity index (χ1v) is 11.6. The Morgan fingerprint density at radius 3 is 1.46 bits per heavy atom. The van der Waals surface area contributed by atoms with E-state index in [-0.39, 0.29) is 61.4 Å². The van der Waals surface area contributed by atoms with Crippen LogP contribution in [-0.4, -0.2) is 72.4 Å². The number of hydrogen-bond donors (Lipinski definition) is 4. The number of aromatic nitrogens is 4. The van der Waals surface area contributed by atoms with Crippen LogP contribution in [0.25, 0.3) is 45.2 Å². The Labute approximate surface area is 260 Å². The van der Waals surface area contributed by atoms with Gasteiger partial charge in [0.25, 0.3) is 0 Å². The van der Waals surface area contributed by atoms with Gasteiger partial charge in [-0.2, -0.15) is 0 Å². The van der Waals surface area contributed by atoms with E-state index in [2.05, 4.69) is 19.9 Å². The number of furan rings is 1. The molecule has 0 aliphatic rings. The standard InChI is InChI=1S/C26H26N6O5.4ClH/c1-33-9-11-35-23(27)15-3-5-17-19(13-15)31-25(29-17)21-7-8-22(37-21)26-30-18-6-4-16(14-20(18)32-26)24(28)36-12-10-34-2;;;;/h3-8,13-14,27-28H,9-12H2,1-2H3,(H,29,31)(H,30,32);4*1H. The van der Waals surface area contributed by atoms with Gasteiger partial charge in [-0.25, -0.2) is 9.97 Å². The summed E-state index contributed by atoms with van der Waals surface area (Å²) in [6.45, 7) is 1.45. The monoisotopic (exact) mass is 646 g/mol. The number of halogens is 4. The van der Waals surface area contributed by atoms with Gasteiger partial charge in [-0.1, -0.05) is 0 Å². The van der Waals surface area contributed by atoms with Gasteiger partial charge >= 0.3 is 0 Å². The summed E-state index contributed by atoms with van der Waals surface area (Å²) >= 11 is 0. The zero-order valence-electron chi connectivity index (χ0n) is 22.0. The first-order chi connectivity index (χ1) is 18.1. The van der Waals surface area contributed by atoms with Gasteiger partial charge in [-0.15, -0.1) is 49.6 Å². The van der Waals surface area contributed by atoms with Crippen LogP contribution in [0.5, 0.6) is 0 Å². The molecule has 3 aromatic heterocycles. The predicted molar refractivity (Wildman–Crippen MR) is 167 cm³/mol. The maximum absolute atomic E-state index is 8.11. The van der Waals surface area contributed by atoms with Crippen molar-refractivity contribution in [3.8, 4) is 23.2 Å². The third-order valence-corrected chi connectivity index (χ3v) is 5.63. The lowest BCUT2D eigenvalue weighted by atomic mass is 10.2. The molecular formula is C26H30Cl4N6O5. The highest BCUT2D eigenvalue weighted by Gasteiger charge is 2.15. The van der Waals surface area contributed by atoms with E-state index in [0.717, 1.165) is 22.1 Å². The molecule has 0 aliphatic carbocycles. The highest BCUT2D eigenvalue weighted by Crippen LogP contribution is 2.29. The minimum Gasteiger partial charge on any atom is -0.475 e. The minimum absolute atomic E-state index is 0. The van der Waals surface area contributed by atoms with E-state index in [9.17, 15) is 0 Å². The third-order valence-electron chi connectivity index (χ3n) is 5.63. The summed E-state index contributed by atoms with van der Waals surface area (Å²) in [5.41, 5.74) is 4.28. The Hall–Kier alpha value is -3.32. The van der Waals surface area contributed by atoms with Crippen LogP contribution in [0, 0.1) is 10.8 Å². The van der Waals surface area contributed by atoms with Crippen molar-refractivity contribution < 1.29 is 23.4 Å². The number of ether oxygens (including phenoxy) is 4. The Kier molecular flexibility index (Phi) is 14.1. The Balaban J connectivity index is 0.00000210. The van der Waals surface area contributed by atoms with Crippen molar-refractivity contribution in [1.29, 1.82) is 10.8 Å². The largest absolute Gasteiger partial charge is 0.475 e. The van der Waals surface area contributed by atoms with Crippen molar-refractivity contribution in [2.45, 2.75) is 0 Å². The number of aromatic amines is 2. The summed E-state index contributed by atoms with van der Waals surface area (Å²) in [6.07, 6.45) is 0. The van der Waals surface area contributed by atoms with E-state index >= 15 is 0 Å². The van der Waals surface area contributed by atoms with Crippen LogP contribution < -0.4 is 0 Å². The molecule has 4 N–H and O–H groups in total. The fourth-order valence-corrected chi connectivity index (χ4v) is 3.75. The molecule has 2 aromatic carbocycles. The lowest BCUT2D eigenvalue weighted by Crippen LogP contribution is -2.09. The summed E-state index contributed by atoms with van der Waals surface area (Å²) in [5.74, 6) is 2.36. The SMILES string of the molecule is COCCOC(=N)c1ccc2nc(-c3ccc(-c4nc5ccc(C(=N)OCCOC)cc5[nH]4)o3)[nH]c2c1.Cl.Cl.Cl.Cl. The molecule has 3 heterocycles. The Bertz CT molecular complexity index is 1470. The highest BCUT2D eigenvalue weighted by molar-refractivity contribution is 5.96. The molecule has 0 aliphatic heterocycles. The second-order valence-electron chi connectivity index (χ2n) is 8.14. The summed E-state index contributed by atoms with van der Waals surface area (Å²) in [7, 11) is 3.18. The molecule has 0 radical (unpaired) electrons. The van der Waals surface area contributed by atoms with Crippen LogP contribution in [-0.2, 0) is 18.9 Å². The van der Waals surface area contributed by atoms with Crippen molar-refractivity contribution in [2.24, 2.45) is 0 Å². The summed E-state index contributed by atoms with van der Waals surface area (Å²) in [4.78, 5) is 15.7. The topological polar surface area (TPSA) is 155 Å². The van der Waals surface area contributed by atoms with E-state index in [4.69, 9.17) is 34.2 Å². The molecule has 11 nitrogen and oxygen atoms in total. The van der Waals surface area contributed by atoms with Gasteiger partial charge in [-0.05, 0) is 48.5 Å². The second-order valence-corrected chi connectivity index (χ2v) is 8.14. The van der Waals surface area contributed by atoms with Gasteiger partial charge in [0.05, 0.1) is 35.3 Å². The Morgan fingerprint density at radius 2 is 1.07 bits per heavy atom. The fourth-order valence-electron chi connectivity index (χ4n) is 3.75. The number of nitrogens with one attached hydrogen (secondary N) is 4. The van der Waals surface area contributed by atoms with Crippen LogP contribution in [0.15, 0.2) is 52.9 Å². The lowest BCUT2D eigenvalue weighted by Gasteiger charge is -2.06. The molecule has 222 valence electrons. The second kappa shape index (κ2) is 16.2. The van der Waals surface area contributed by atoms with E-state index in [1.54, 1.807) is 26.4 Å². The molecule has 0 amide bonds. The van der Waals surface area contributed by atoms with Gasteiger partial charge in [-0.3, -0.25) is 10.8 Å². The number of nitrogens with zero attached hydrogens (tertiary/aromatic N) is 2. The van der Waals surface area contributed by atoms with Crippen molar-refractivity contribution in [3.05, 3.63) is 59.7 Å². The van der Waals surface area contributed by atoms with Gasteiger partial charge in [0.15, 0.2) is 23.2 Å². The van der Waals surface area contributed by atoms with Gasteiger partial charge in [0, 0.05) is 25.3 Å². The molecule has 0 saturated heterocycles. The summed E-state index contributed by atoms with van der Waals surface area (Å²) in [5, 5.41) is 16.2. The zero-order chi connectivity index (χ0) is 25.8. The summed E-state index contributed by atoms with van der Waals surface area (Å²) < 4.78 is 26.8. The molecule has 5 rings (SSSR count). The fraction of sp³-hybridized carbons (Fsp3) is 0.231. The Morgan fingerprint density at radius 1 is 0.659 bits per heavy atom. The number of benzene rings is 2.